The van der Waals surface area contributed by atoms with Crippen LogP contribution in [0.3, 0.4) is 0 Å². The summed E-state index contributed by atoms with van der Waals surface area (Å²) in [6, 6.07) is 10.8. The van der Waals surface area contributed by atoms with Crippen LogP contribution in [0.4, 0.5) is 8.78 Å². The Hall–Kier alpha value is -1.45. The highest BCUT2D eigenvalue weighted by atomic mass is 35.5. The first-order valence-corrected chi connectivity index (χ1v) is 7.14. The molecule has 0 spiro atoms. The molecule has 1 unspecified atom stereocenters. The number of rotatable bonds is 4. The monoisotopic (exact) mass is 309 g/mol. The van der Waals surface area contributed by atoms with Crippen molar-refractivity contribution in [3.8, 4) is 0 Å². The molecule has 0 aliphatic heterocycles. The molecular weight excluding hydrogens is 292 g/mol. The molecule has 2 N–H and O–H groups in total. The van der Waals surface area contributed by atoms with Crippen LogP contribution in [0, 0.1) is 11.6 Å². The lowest BCUT2D eigenvalue weighted by Crippen LogP contribution is -2.42. The molecular formula is C17H18ClF2N. The summed E-state index contributed by atoms with van der Waals surface area (Å²) in [5.74, 6) is -0.719. The van der Waals surface area contributed by atoms with Gasteiger partial charge in [0.25, 0.3) is 0 Å². The van der Waals surface area contributed by atoms with E-state index in [0.29, 0.717) is 6.42 Å². The summed E-state index contributed by atoms with van der Waals surface area (Å²) in [7, 11) is 0. The highest BCUT2D eigenvalue weighted by Crippen LogP contribution is 2.28. The molecule has 0 heterocycles. The zero-order chi connectivity index (χ0) is 15.6. The van der Waals surface area contributed by atoms with E-state index in [2.05, 4.69) is 0 Å². The Morgan fingerprint density at radius 2 is 1.71 bits per heavy atom. The Labute approximate surface area is 128 Å². The second-order valence-electron chi connectivity index (χ2n) is 5.79. The van der Waals surface area contributed by atoms with Crippen molar-refractivity contribution in [2.24, 2.45) is 5.73 Å². The van der Waals surface area contributed by atoms with Gasteiger partial charge in [-0.3, -0.25) is 0 Å². The van der Waals surface area contributed by atoms with Gasteiger partial charge >= 0.3 is 0 Å². The molecule has 0 saturated carbocycles. The third kappa shape index (κ3) is 3.60. The standard InChI is InChI=1S/C17H18ClF2N/c1-17(2,12-4-6-13(19)7-5-12)16(21)10-11-3-8-14(18)15(20)9-11/h3-9,16H,10,21H2,1-2H3. The Morgan fingerprint density at radius 1 is 1.10 bits per heavy atom. The van der Waals surface area contributed by atoms with E-state index in [9.17, 15) is 8.78 Å². The van der Waals surface area contributed by atoms with Crippen molar-refractivity contribution in [1.82, 2.24) is 0 Å². The lowest BCUT2D eigenvalue weighted by Gasteiger charge is -2.32. The minimum atomic E-state index is -0.444. The van der Waals surface area contributed by atoms with Crippen molar-refractivity contribution in [1.29, 1.82) is 0 Å². The summed E-state index contributed by atoms with van der Waals surface area (Å²) in [6.07, 6.45) is 0.512. The fourth-order valence-electron chi connectivity index (χ4n) is 2.27. The van der Waals surface area contributed by atoms with Gasteiger partial charge in [-0.2, -0.15) is 0 Å². The van der Waals surface area contributed by atoms with Crippen LogP contribution >= 0.6 is 11.6 Å². The van der Waals surface area contributed by atoms with Gasteiger partial charge in [0.05, 0.1) is 5.02 Å². The van der Waals surface area contributed by atoms with Crippen LogP contribution in [0.15, 0.2) is 42.5 Å². The van der Waals surface area contributed by atoms with E-state index >= 15 is 0 Å². The summed E-state index contributed by atoms with van der Waals surface area (Å²) < 4.78 is 26.5. The predicted molar refractivity (Wildman–Crippen MR) is 82.5 cm³/mol. The maximum absolute atomic E-state index is 13.5. The van der Waals surface area contributed by atoms with Crippen LogP contribution in [0.5, 0.6) is 0 Å². The number of halogens is 3. The SMILES string of the molecule is CC(C)(c1ccc(F)cc1)C(N)Cc1ccc(Cl)c(F)c1. The molecule has 0 saturated heterocycles. The summed E-state index contributed by atoms with van der Waals surface area (Å²) in [4.78, 5) is 0. The molecule has 0 aliphatic carbocycles. The average molecular weight is 310 g/mol. The van der Waals surface area contributed by atoms with Gasteiger partial charge in [0.1, 0.15) is 11.6 Å². The van der Waals surface area contributed by atoms with Gasteiger partial charge in [0, 0.05) is 11.5 Å². The molecule has 0 fully saturated rings. The number of hydrogen-bond donors (Lipinski definition) is 1. The van der Waals surface area contributed by atoms with E-state index < -0.39 is 5.82 Å². The van der Waals surface area contributed by atoms with Gasteiger partial charge in [-0.05, 0) is 41.8 Å². The summed E-state index contributed by atoms with van der Waals surface area (Å²) in [5.41, 5.74) is 7.68. The van der Waals surface area contributed by atoms with E-state index in [1.165, 1.54) is 24.3 Å². The third-order valence-electron chi connectivity index (χ3n) is 3.95. The minimum absolute atomic E-state index is 0.102. The van der Waals surface area contributed by atoms with Crippen LogP contribution in [0.25, 0.3) is 0 Å². The second-order valence-corrected chi connectivity index (χ2v) is 6.19. The first kappa shape index (κ1) is 15.9. The number of nitrogens with two attached hydrogens (primary N) is 1. The maximum Gasteiger partial charge on any atom is 0.142 e. The molecule has 0 bridgehead atoms. The fraction of sp³-hybridized carbons (Fsp3) is 0.294. The molecule has 0 radical (unpaired) electrons. The highest BCUT2D eigenvalue weighted by molar-refractivity contribution is 6.30. The fourth-order valence-corrected chi connectivity index (χ4v) is 2.39. The van der Waals surface area contributed by atoms with E-state index in [-0.39, 0.29) is 22.3 Å². The Balaban J connectivity index is 2.19. The van der Waals surface area contributed by atoms with E-state index in [1.54, 1.807) is 18.2 Å². The zero-order valence-electron chi connectivity index (χ0n) is 12.0. The molecule has 4 heteroatoms. The molecule has 1 nitrogen and oxygen atoms in total. The first-order chi connectivity index (χ1) is 9.80. The third-order valence-corrected chi connectivity index (χ3v) is 4.26. The lowest BCUT2D eigenvalue weighted by atomic mass is 9.76. The molecule has 0 aromatic heterocycles. The summed E-state index contributed by atoms with van der Waals surface area (Å²) in [6.45, 7) is 3.99. The van der Waals surface area contributed by atoms with Gasteiger partial charge in [-0.1, -0.05) is 43.6 Å². The van der Waals surface area contributed by atoms with Crippen LogP contribution in [-0.2, 0) is 11.8 Å². The number of hydrogen-bond acceptors (Lipinski definition) is 1. The lowest BCUT2D eigenvalue weighted by molar-refractivity contribution is 0.405. The van der Waals surface area contributed by atoms with Crippen molar-refractivity contribution in [3.05, 3.63) is 70.2 Å². The van der Waals surface area contributed by atoms with Gasteiger partial charge in [-0.15, -0.1) is 0 Å². The predicted octanol–water partition coefficient (Wildman–Crippen LogP) is 4.47. The van der Waals surface area contributed by atoms with Crippen molar-refractivity contribution >= 4 is 11.6 Å². The molecule has 112 valence electrons. The van der Waals surface area contributed by atoms with Crippen LogP contribution in [0.1, 0.15) is 25.0 Å². The maximum atomic E-state index is 13.5. The second kappa shape index (κ2) is 6.12. The van der Waals surface area contributed by atoms with Gasteiger partial charge in [0.2, 0.25) is 0 Å². The summed E-state index contributed by atoms with van der Waals surface area (Å²) in [5, 5.41) is 0.102. The largest absolute Gasteiger partial charge is 0.327 e. The molecule has 1 atom stereocenters. The molecule has 21 heavy (non-hydrogen) atoms. The van der Waals surface area contributed by atoms with Gasteiger partial charge in [-0.25, -0.2) is 8.78 Å². The molecule has 2 aromatic carbocycles. The van der Waals surface area contributed by atoms with E-state index in [1.807, 2.05) is 13.8 Å². The Bertz CT molecular complexity index is 623. The van der Waals surface area contributed by atoms with Crippen LogP contribution in [0.2, 0.25) is 5.02 Å². The molecule has 0 amide bonds. The molecule has 0 aliphatic rings. The van der Waals surface area contributed by atoms with Gasteiger partial charge < -0.3 is 5.73 Å². The van der Waals surface area contributed by atoms with E-state index in [0.717, 1.165) is 11.1 Å². The molecule has 2 rings (SSSR count). The topological polar surface area (TPSA) is 26.0 Å². The number of benzene rings is 2. The minimum Gasteiger partial charge on any atom is -0.327 e. The highest BCUT2D eigenvalue weighted by Gasteiger charge is 2.28. The first-order valence-electron chi connectivity index (χ1n) is 6.76. The van der Waals surface area contributed by atoms with Crippen LogP contribution in [-0.4, -0.2) is 6.04 Å². The van der Waals surface area contributed by atoms with Crippen LogP contribution < -0.4 is 5.73 Å². The molecule has 2 aromatic rings. The van der Waals surface area contributed by atoms with Crippen molar-refractivity contribution in [2.75, 3.05) is 0 Å². The zero-order valence-corrected chi connectivity index (χ0v) is 12.8. The van der Waals surface area contributed by atoms with Gasteiger partial charge in [0.15, 0.2) is 0 Å². The quantitative estimate of drug-likeness (QED) is 0.886. The Kier molecular flexibility index (Phi) is 4.64. The average Bonchev–Trinajstić information content (AvgIpc) is 2.43. The normalized spacial score (nSPS) is 13.2. The summed E-state index contributed by atoms with van der Waals surface area (Å²) >= 11 is 5.68. The van der Waals surface area contributed by atoms with E-state index in [4.69, 9.17) is 17.3 Å². The van der Waals surface area contributed by atoms with Crippen molar-refractivity contribution in [2.45, 2.75) is 31.7 Å². The Morgan fingerprint density at radius 3 is 2.29 bits per heavy atom. The smallest absolute Gasteiger partial charge is 0.142 e. The van der Waals surface area contributed by atoms with Crippen molar-refractivity contribution in [3.63, 3.8) is 0 Å². The van der Waals surface area contributed by atoms with Crippen molar-refractivity contribution < 1.29 is 8.78 Å².